The van der Waals surface area contributed by atoms with E-state index in [1.165, 1.54) is 6.07 Å². The Bertz CT molecular complexity index is 537. The fraction of sp³-hybridized carbons (Fsp3) is 0.100. The van der Waals surface area contributed by atoms with Gasteiger partial charge in [-0.05, 0) is 6.07 Å². The van der Waals surface area contributed by atoms with Gasteiger partial charge < -0.3 is 0 Å². The van der Waals surface area contributed by atoms with Crippen LogP contribution in [0.25, 0.3) is 0 Å². The van der Waals surface area contributed by atoms with Crippen LogP contribution in [0.15, 0.2) is 12.1 Å². The summed E-state index contributed by atoms with van der Waals surface area (Å²) >= 11 is 0. The zero-order valence-corrected chi connectivity index (χ0v) is 8.01. The van der Waals surface area contributed by atoms with Crippen molar-refractivity contribution in [2.24, 2.45) is 0 Å². The molecule has 6 nitrogen and oxygen atoms in total. The van der Waals surface area contributed by atoms with E-state index in [1.54, 1.807) is 12.1 Å². The van der Waals surface area contributed by atoms with Gasteiger partial charge in [0.25, 0.3) is 5.69 Å². The molecular weight excluding hydrogens is 210 g/mol. The lowest BCUT2D eigenvalue weighted by atomic mass is 9.99. The zero-order valence-electron chi connectivity index (χ0n) is 8.01. The summed E-state index contributed by atoms with van der Waals surface area (Å²) in [6, 6.07) is 5.76. The van der Waals surface area contributed by atoms with E-state index in [0.717, 1.165) is 6.07 Å². The van der Waals surface area contributed by atoms with Crippen molar-refractivity contribution in [3.63, 3.8) is 0 Å². The number of nitro groups is 1. The molecule has 0 bridgehead atoms. The number of aldehydes is 1. The molecular formula is C10H5N3O3. The van der Waals surface area contributed by atoms with E-state index in [-0.39, 0.29) is 28.8 Å². The number of nitrogens with zero attached hydrogens (tertiary/aromatic N) is 3. The summed E-state index contributed by atoms with van der Waals surface area (Å²) in [5.41, 5.74) is -0.382. The minimum atomic E-state index is -0.678. The highest BCUT2D eigenvalue weighted by Crippen LogP contribution is 2.24. The monoisotopic (exact) mass is 215 g/mol. The van der Waals surface area contributed by atoms with Gasteiger partial charge in [0.05, 0.1) is 28.5 Å². The van der Waals surface area contributed by atoms with Crippen LogP contribution in [0.2, 0.25) is 0 Å². The highest BCUT2D eigenvalue weighted by Gasteiger charge is 2.20. The second kappa shape index (κ2) is 4.67. The number of carbonyl (C=O) groups excluding carboxylic acids is 1. The SMILES string of the molecule is N#CCc1c([N+](=O)[O-])ccc(C=O)c1C#N. The Morgan fingerprint density at radius 1 is 1.44 bits per heavy atom. The Balaban J connectivity index is 3.59. The zero-order chi connectivity index (χ0) is 12.1. The Kier molecular flexibility index (Phi) is 3.31. The first-order valence-electron chi connectivity index (χ1n) is 4.18. The maximum absolute atomic E-state index is 10.7. The molecule has 6 heteroatoms. The van der Waals surface area contributed by atoms with E-state index in [1.807, 2.05) is 0 Å². The molecule has 1 aromatic carbocycles. The summed E-state index contributed by atoms with van der Waals surface area (Å²) < 4.78 is 0. The van der Waals surface area contributed by atoms with E-state index >= 15 is 0 Å². The molecule has 16 heavy (non-hydrogen) atoms. The van der Waals surface area contributed by atoms with Crippen molar-refractivity contribution < 1.29 is 9.72 Å². The Labute approximate surface area is 90.5 Å². The maximum atomic E-state index is 10.7. The maximum Gasteiger partial charge on any atom is 0.275 e. The standard InChI is InChI=1S/C10H5N3O3/c11-4-3-8-9(5-12)7(6-14)1-2-10(8)13(15)16/h1-2,6H,3H2. The van der Waals surface area contributed by atoms with Gasteiger partial charge in [0.1, 0.15) is 6.07 Å². The van der Waals surface area contributed by atoms with Crippen molar-refractivity contribution in [3.8, 4) is 12.1 Å². The van der Waals surface area contributed by atoms with E-state index in [4.69, 9.17) is 10.5 Å². The first-order chi connectivity index (χ1) is 7.65. The van der Waals surface area contributed by atoms with Crippen molar-refractivity contribution in [1.29, 1.82) is 10.5 Å². The van der Waals surface area contributed by atoms with Crippen molar-refractivity contribution in [2.45, 2.75) is 6.42 Å². The second-order valence-corrected chi connectivity index (χ2v) is 2.85. The van der Waals surface area contributed by atoms with Crippen molar-refractivity contribution in [2.75, 3.05) is 0 Å². The van der Waals surface area contributed by atoms with Crippen LogP contribution in [-0.4, -0.2) is 11.2 Å². The summed E-state index contributed by atoms with van der Waals surface area (Å²) in [5, 5.41) is 28.0. The highest BCUT2D eigenvalue weighted by atomic mass is 16.6. The molecule has 0 amide bonds. The number of hydrogen-bond donors (Lipinski definition) is 0. The van der Waals surface area contributed by atoms with Gasteiger partial charge >= 0.3 is 0 Å². The van der Waals surface area contributed by atoms with Crippen LogP contribution < -0.4 is 0 Å². The second-order valence-electron chi connectivity index (χ2n) is 2.85. The Morgan fingerprint density at radius 2 is 2.12 bits per heavy atom. The topological polar surface area (TPSA) is 108 Å². The van der Waals surface area contributed by atoms with Crippen LogP contribution in [0, 0.1) is 32.8 Å². The summed E-state index contributed by atoms with van der Waals surface area (Å²) in [5.74, 6) is 0. The largest absolute Gasteiger partial charge is 0.298 e. The van der Waals surface area contributed by atoms with Gasteiger partial charge in [-0.15, -0.1) is 0 Å². The highest BCUT2D eigenvalue weighted by molar-refractivity contribution is 5.81. The van der Waals surface area contributed by atoms with Crippen LogP contribution in [0.3, 0.4) is 0 Å². The van der Waals surface area contributed by atoms with Crippen LogP contribution >= 0.6 is 0 Å². The lowest BCUT2D eigenvalue weighted by molar-refractivity contribution is -0.385. The molecule has 0 fully saturated rings. The molecule has 0 radical (unpaired) electrons. The summed E-state index contributed by atoms with van der Waals surface area (Å²) in [6.45, 7) is 0. The fourth-order valence-electron chi connectivity index (χ4n) is 1.31. The van der Waals surface area contributed by atoms with Crippen molar-refractivity contribution >= 4 is 12.0 Å². The lowest BCUT2D eigenvalue weighted by Gasteiger charge is -2.02. The van der Waals surface area contributed by atoms with E-state index in [2.05, 4.69) is 0 Å². The third kappa shape index (κ3) is 1.86. The van der Waals surface area contributed by atoms with Crippen molar-refractivity contribution in [1.82, 2.24) is 0 Å². The van der Waals surface area contributed by atoms with Gasteiger partial charge in [-0.3, -0.25) is 14.9 Å². The third-order valence-corrected chi connectivity index (χ3v) is 2.01. The first-order valence-corrected chi connectivity index (χ1v) is 4.18. The van der Waals surface area contributed by atoms with Gasteiger partial charge in [-0.25, -0.2) is 0 Å². The lowest BCUT2D eigenvalue weighted by Crippen LogP contribution is -2.01. The number of nitriles is 2. The number of carbonyl (C=O) groups is 1. The fourth-order valence-corrected chi connectivity index (χ4v) is 1.31. The molecule has 0 aliphatic rings. The summed E-state index contributed by atoms with van der Waals surface area (Å²) in [4.78, 5) is 20.6. The smallest absolute Gasteiger partial charge is 0.275 e. The number of rotatable bonds is 3. The summed E-state index contributed by atoms with van der Waals surface area (Å²) in [6.07, 6.45) is 0.157. The molecule has 0 saturated carbocycles. The molecule has 0 aliphatic carbocycles. The summed E-state index contributed by atoms with van der Waals surface area (Å²) in [7, 11) is 0. The first kappa shape index (κ1) is 11.3. The van der Waals surface area contributed by atoms with Crippen LogP contribution in [0.5, 0.6) is 0 Å². The molecule has 0 spiro atoms. The number of benzene rings is 1. The molecule has 0 atom stereocenters. The van der Waals surface area contributed by atoms with Gasteiger partial charge in [0.15, 0.2) is 6.29 Å². The quantitative estimate of drug-likeness (QED) is 0.429. The van der Waals surface area contributed by atoms with E-state index in [0.29, 0.717) is 6.29 Å². The van der Waals surface area contributed by atoms with Crippen molar-refractivity contribution in [3.05, 3.63) is 38.9 Å². The van der Waals surface area contributed by atoms with Crippen LogP contribution in [0.4, 0.5) is 5.69 Å². The average molecular weight is 215 g/mol. The minimum absolute atomic E-state index is 0.0143. The van der Waals surface area contributed by atoms with Gasteiger partial charge in [0.2, 0.25) is 0 Å². The van der Waals surface area contributed by atoms with E-state index in [9.17, 15) is 14.9 Å². The molecule has 0 unspecified atom stereocenters. The third-order valence-electron chi connectivity index (χ3n) is 2.01. The predicted octanol–water partition coefficient (Wildman–Crippen LogP) is 1.35. The van der Waals surface area contributed by atoms with Gasteiger partial charge in [-0.1, -0.05) is 0 Å². The number of nitro benzene ring substituents is 1. The van der Waals surface area contributed by atoms with Crippen LogP contribution in [0.1, 0.15) is 21.5 Å². The number of hydrogen-bond acceptors (Lipinski definition) is 5. The van der Waals surface area contributed by atoms with Gasteiger partial charge in [0, 0.05) is 11.6 Å². The Morgan fingerprint density at radius 3 is 2.56 bits per heavy atom. The minimum Gasteiger partial charge on any atom is -0.298 e. The molecule has 0 saturated heterocycles. The molecule has 0 heterocycles. The van der Waals surface area contributed by atoms with Crippen LogP contribution in [-0.2, 0) is 6.42 Å². The molecule has 0 aromatic heterocycles. The van der Waals surface area contributed by atoms with Gasteiger partial charge in [-0.2, -0.15) is 10.5 Å². The predicted molar refractivity (Wildman–Crippen MR) is 52.5 cm³/mol. The normalized spacial score (nSPS) is 8.88. The average Bonchev–Trinajstić information content (AvgIpc) is 2.28. The Hall–Kier alpha value is -2.73. The van der Waals surface area contributed by atoms with E-state index < -0.39 is 4.92 Å². The molecule has 0 aliphatic heterocycles. The molecule has 0 N–H and O–H groups in total. The molecule has 78 valence electrons. The molecule has 1 aromatic rings. The molecule has 1 rings (SSSR count).